The fourth-order valence-corrected chi connectivity index (χ4v) is 5.50. The van der Waals surface area contributed by atoms with Gasteiger partial charge in [-0.2, -0.15) is 0 Å². The first-order chi connectivity index (χ1) is 16.4. The van der Waals surface area contributed by atoms with E-state index in [1.54, 1.807) is 29.5 Å². The van der Waals surface area contributed by atoms with Gasteiger partial charge in [0.2, 0.25) is 0 Å². The van der Waals surface area contributed by atoms with Gasteiger partial charge in [0.1, 0.15) is 6.61 Å². The molecule has 0 spiro atoms. The van der Waals surface area contributed by atoms with Crippen LogP contribution in [-0.4, -0.2) is 43.8 Å². The van der Waals surface area contributed by atoms with Gasteiger partial charge in [0, 0.05) is 46.7 Å². The molecule has 0 saturated carbocycles. The van der Waals surface area contributed by atoms with Crippen LogP contribution in [0.25, 0.3) is 0 Å². The Morgan fingerprint density at radius 1 is 1.24 bits per heavy atom. The smallest absolute Gasteiger partial charge is 0.336 e. The molecule has 2 N–H and O–H groups in total. The van der Waals surface area contributed by atoms with Crippen LogP contribution in [0.3, 0.4) is 0 Å². The third-order valence-electron chi connectivity index (χ3n) is 6.19. The van der Waals surface area contributed by atoms with Crippen molar-refractivity contribution in [1.82, 2.24) is 5.32 Å². The number of dihydropyridines is 1. The SMILES string of the molecule is CCOCCOC(=O)C1=C(C)NC2=C(C(=O)C[C@@H](c3cccs3)C2)[C@H]1c1ccc(OC)c(O)c1. The Morgan fingerprint density at radius 3 is 2.74 bits per heavy atom. The van der Waals surface area contributed by atoms with Gasteiger partial charge in [0.05, 0.1) is 19.3 Å². The molecule has 2 atom stereocenters. The Labute approximate surface area is 203 Å². The summed E-state index contributed by atoms with van der Waals surface area (Å²) < 4.78 is 16.0. The number of ketones is 1. The molecule has 2 aromatic rings. The minimum absolute atomic E-state index is 0.0143. The number of hydrogen-bond donors (Lipinski definition) is 2. The largest absolute Gasteiger partial charge is 0.504 e. The van der Waals surface area contributed by atoms with E-state index in [0.29, 0.717) is 54.2 Å². The van der Waals surface area contributed by atoms with Gasteiger partial charge in [-0.05, 0) is 49.4 Å². The zero-order valence-electron chi connectivity index (χ0n) is 19.6. The zero-order valence-corrected chi connectivity index (χ0v) is 20.4. The molecule has 0 bridgehead atoms. The van der Waals surface area contributed by atoms with Gasteiger partial charge in [-0.1, -0.05) is 12.1 Å². The number of thiophene rings is 1. The van der Waals surface area contributed by atoms with E-state index in [4.69, 9.17) is 14.2 Å². The number of phenols is 1. The number of nitrogens with one attached hydrogen (secondary N) is 1. The average Bonchev–Trinajstić information content (AvgIpc) is 3.36. The van der Waals surface area contributed by atoms with Crippen molar-refractivity contribution in [2.75, 3.05) is 26.9 Å². The fourth-order valence-electron chi connectivity index (χ4n) is 4.67. The summed E-state index contributed by atoms with van der Waals surface area (Å²) in [7, 11) is 1.47. The van der Waals surface area contributed by atoms with Gasteiger partial charge in [0.25, 0.3) is 0 Å². The highest BCUT2D eigenvalue weighted by atomic mass is 32.1. The van der Waals surface area contributed by atoms with Gasteiger partial charge in [-0.25, -0.2) is 4.79 Å². The minimum atomic E-state index is -0.649. The molecule has 1 aliphatic heterocycles. The number of esters is 1. The van der Waals surface area contributed by atoms with E-state index in [0.717, 1.165) is 5.70 Å². The number of methoxy groups -OCH3 is 1. The van der Waals surface area contributed by atoms with Crippen molar-refractivity contribution < 1.29 is 28.9 Å². The van der Waals surface area contributed by atoms with Crippen LogP contribution >= 0.6 is 11.3 Å². The summed E-state index contributed by atoms with van der Waals surface area (Å²) in [4.78, 5) is 27.9. The predicted molar refractivity (Wildman–Crippen MR) is 129 cm³/mol. The summed E-state index contributed by atoms with van der Waals surface area (Å²) in [5.41, 5.74) is 3.01. The molecule has 7 nitrogen and oxygen atoms in total. The van der Waals surface area contributed by atoms with E-state index in [2.05, 4.69) is 11.4 Å². The summed E-state index contributed by atoms with van der Waals surface area (Å²) in [6.45, 7) is 4.64. The van der Waals surface area contributed by atoms with Crippen LogP contribution in [-0.2, 0) is 19.1 Å². The number of ether oxygens (including phenoxy) is 3. The van der Waals surface area contributed by atoms with Gasteiger partial charge in [-0.3, -0.25) is 4.79 Å². The van der Waals surface area contributed by atoms with Crippen molar-refractivity contribution in [3.05, 3.63) is 68.7 Å². The Hall–Kier alpha value is -3.10. The van der Waals surface area contributed by atoms with Crippen molar-refractivity contribution in [3.8, 4) is 11.5 Å². The standard InChI is InChI=1S/C26H29NO6S/c1-4-32-9-10-33-26(30)23-15(2)27-18-12-17(22-6-5-11-34-22)14-20(29)25(18)24(23)16-7-8-21(31-3)19(28)13-16/h5-8,11,13,17,24,27-28H,4,9-10,12,14H2,1-3H3/t17-,24-/m0/s1. The highest BCUT2D eigenvalue weighted by Crippen LogP contribution is 2.47. The Morgan fingerprint density at radius 2 is 2.06 bits per heavy atom. The summed E-state index contributed by atoms with van der Waals surface area (Å²) in [6.07, 6.45) is 1.04. The molecule has 2 heterocycles. The molecule has 0 amide bonds. The Bertz CT molecular complexity index is 1130. The van der Waals surface area contributed by atoms with Crippen LogP contribution < -0.4 is 10.1 Å². The van der Waals surface area contributed by atoms with Crippen molar-refractivity contribution >= 4 is 23.1 Å². The van der Waals surface area contributed by atoms with Crippen molar-refractivity contribution in [2.24, 2.45) is 0 Å². The van der Waals surface area contributed by atoms with E-state index in [1.807, 2.05) is 25.3 Å². The van der Waals surface area contributed by atoms with Crippen LogP contribution in [0.5, 0.6) is 11.5 Å². The van der Waals surface area contributed by atoms with Crippen molar-refractivity contribution in [1.29, 1.82) is 0 Å². The highest BCUT2D eigenvalue weighted by Gasteiger charge is 2.41. The lowest BCUT2D eigenvalue weighted by molar-refractivity contribution is -0.140. The summed E-state index contributed by atoms with van der Waals surface area (Å²) in [5, 5.41) is 15.8. The quantitative estimate of drug-likeness (QED) is 0.424. The van der Waals surface area contributed by atoms with Gasteiger partial charge in [-0.15, -0.1) is 11.3 Å². The number of aromatic hydroxyl groups is 1. The molecule has 1 aromatic heterocycles. The first-order valence-electron chi connectivity index (χ1n) is 11.3. The van der Waals surface area contributed by atoms with E-state index in [1.165, 1.54) is 12.0 Å². The lowest BCUT2D eigenvalue weighted by Crippen LogP contribution is -2.36. The number of phenolic OH excluding ortho intramolecular Hbond substituents is 1. The monoisotopic (exact) mass is 483 g/mol. The van der Waals surface area contributed by atoms with E-state index >= 15 is 0 Å². The maximum atomic E-state index is 13.5. The Balaban J connectivity index is 1.74. The predicted octanol–water partition coefficient (Wildman–Crippen LogP) is 4.40. The first kappa shape index (κ1) is 24.0. The zero-order chi connectivity index (χ0) is 24.2. The molecule has 0 saturated heterocycles. The second kappa shape index (κ2) is 10.4. The molecule has 0 fully saturated rings. The lowest BCUT2D eigenvalue weighted by Gasteiger charge is -2.36. The van der Waals surface area contributed by atoms with Gasteiger partial charge >= 0.3 is 5.97 Å². The summed E-state index contributed by atoms with van der Waals surface area (Å²) >= 11 is 1.65. The fraction of sp³-hybridized carbons (Fsp3) is 0.385. The van der Waals surface area contributed by atoms with Crippen LogP contribution in [0.15, 0.2) is 58.3 Å². The number of rotatable bonds is 8. The molecule has 1 aromatic carbocycles. The average molecular weight is 484 g/mol. The second-order valence-electron chi connectivity index (χ2n) is 8.30. The van der Waals surface area contributed by atoms with Crippen molar-refractivity contribution in [2.45, 2.75) is 38.5 Å². The lowest BCUT2D eigenvalue weighted by atomic mass is 9.72. The third kappa shape index (κ3) is 4.74. The minimum Gasteiger partial charge on any atom is -0.504 e. The van der Waals surface area contributed by atoms with E-state index in [-0.39, 0.29) is 24.1 Å². The molecule has 8 heteroatoms. The van der Waals surface area contributed by atoms with Crippen LogP contribution in [0.1, 0.15) is 49.0 Å². The molecule has 0 unspecified atom stereocenters. The summed E-state index contributed by atoms with van der Waals surface area (Å²) in [5.74, 6) is -0.812. The molecule has 4 rings (SSSR count). The van der Waals surface area contributed by atoms with Gasteiger partial charge < -0.3 is 24.6 Å². The first-order valence-corrected chi connectivity index (χ1v) is 12.2. The second-order valence-corrected chi connectivity index (χ2v) is 9.28. The maximum Gasteiger partial charge on any atom is 0.336 e. The van der Waals surface area contributed by atoms with E-state index < -0.39 is 11.9 Å². The topological polar surface area (TPSA) is 94.1 Å². The molecule has 1 aliphatic carbocycles. The normalized spacial score (nSPS) is 20.1. The van der Waals surface area contributed by atoms with Crippen molar-refractivity contribution in [3.63, 3.8) is 0 Å². The highest BCUT2D eigenvalue weighted by molar-refractivity contribution is 7.10. The molecular formula is C26H29NO6S. The molecule has 34 heavy (non-hydrogen) atoms. The number of Topliss-reactive ketones (excluding diaryl/α,β-unsaturated/α-hetero) is 1. The van der Waals surface area contributed by atoms with Crippen LogP contribution in [0.4, 0.5) is 0 Å². The Kier molecular flexibility index (Phi) is 7.38. The number of benzene rings is 1. The number of hydrogen-bond acceptors (Lipinski definition) is 8. The van der Waals surface area contributed by atoms with Gasteiger partial charge in [0.15, 0.2) is 17.3 Å². The molecular weight excluding hydrogens is 454 g/mol. The molecule has 180 valence electrons. The number of carbonyl (C=O) groups excluding carboxylic acids is 2. The van der Waals surface area contributed by atoms with E-state index in [9.17, 15) is 14.7 Å². The maximum absolute atomic E-state index is 13.5. The van der Waals surface area contributed by atoms with Crippen LogP contribution in [0, 0.1) is 0 Å². The number of allylic oxidation sites excluding steroid dienone is 3. The summed E-state index contributed by atoms with van der Waals surface area (Å²) in [6, 6.07) is 9.02. The molecule has 2 aliphatic rings. The molecule has 0 radical (unpaired) electrons. The van der Waals surface area contributed by atoms with Crippen LogP contribution in [0.2, 0.25) is 0 Å². The third-order valence-corrected chi connectivity index (χ3v) is 7.23. The number of carbonyl (C=O) groups is 2.